The maximum absolute atomic E-state index is 14.3. The minimum atomic E-state index is -0.437. The van der Waals surface area contributed by atoms with Crippen LogP contribution in [0.4, 0.5) is 11.4 Å². The van der Waals surface area contributed by atoms with E-state index in [1.807, 2.05) is 53.3 Å². The number of para-hydroxylation sites is 2. The third kappa shape index (κ3) is 4.56. The van der Waals surface area contributed by atoms with Crippen LogP contribution in [0.3, 0.4) is 0 Å². The van der Waals surface area contributed by atoms with Crippen molar-refractivity contribution in [3.8, 4) is 0 Å². The topological polar surface area (TPSA) is 126 Å². The quantitative estimate of drug-likeness (QED) is 0.243. The second-order valence-corrected chi connectivity index (χ2v) is 12.6. The van der Waals surface area contributed by atoms with Gasteiger partial charge in [0.1, 0.15) is 5.82 Å². The summed E-state index contributed by atoms with van der Waals surface area (Å²) in [6.45, 7) is 1.21. The van der Waals surface area contributed by atoms with Crippen molar-refractivity contribution in [2.45, 2.75) is 43.8 Å². The van der Waals surface area contributed by atoms with E-state index >= 15 is 0 Å². The lowest BCUT2D eigenvalue weighted by Crippen LogP contribution is -2.61. The highest BCUT2D eigenvalue weighted by molar-refractivity contribution is 7.98. The molecule has 42 heavy (non-hydrogen) atoms. The van der Waals surface area contributed by atoms with Crippen LogP contribution in [0.25, 0.3) is 11.0 Å². The molecule has 1 fully saturated rings. The average molecular weight is 585 g/mol. The summed E-state index contributed by atoms with van der Waals surface area (Å²) in [6.07, 6.45) is 4.05. The van der Waals surface area contributed by atoms with Gasteiger partial charge in [-0.2, -0.15) is 11.8 Å². The molecule has 216 valence electrons. The highest BCUT2D eigenvalue weighted by atomic mass is 32.2. The molecule has 0 radical (unpaired) electrons. The van der Waals surface area contributed by atoms with Gasteiger partial charge >= 0.3 is 0 Å². The second-order valence-electron chi connectivity index (χ2n) is 11.6. The molecular weight excluding hydrogens is 552 g/mol. The van der Waals surface area contributed by atoms with Crippen molar-refractivity contribution in [3.05, 3.63) is 98.2 Å². The lowest BCUT2D eigenvalue weighted by molar-refractivity contribution is -0.384. The van der Waals surface area contributed by atoms with Crippen LogP contribution in [-0.2, 0) is 17.8 Å². The first-order valence-corrected chi connectivity index (χ1v) is 15.8. The van der Waals surface area contributed by atoms with Crippen LogP contribution in [-0.4, -0.2) is 50.0 Å². The number of carbonyl (C=O) groups is 1. The van der Waals surface area contributed by atoms with Gasteiger partial charge in [0.2, 0.25) is 5.91 Å². The second kappa shape index (κ2) is 10.6. The van der Waals surface area contributed by atoms with Crippen LogP contribution in [0, 0.1) is 22.0 Å². The Hall–Kier alpha value is -4.12. The van der Waals surface area contributed by atoms with Crippen molar-refractivity contribution < 1.29 is 9.72 Å². The molecule has 10 nitrogen and oxygen atoms in total. The number of amides is 1. The van der Waals surface area contributed by atoms with Crippen molar-refractivity contribution in [1.82, 2.24) is 19.9 Å². The Morgan fingerprint density at radius 1 is 1.19 bits per heavy atom. The first kappa shape index (κ1) is 26.8. The number of aromatic nitrogens is 3. The molecule has 1 saturated heterocycles. The molecule has 2 aromatic heterocycles. The lowest BCUT2D eigenvalue weighted by Gasteiger charge is -2.54. The zero-order chi connectivity index (χ0) is 29.0. The number of benzene rings is 2. The molecule has 5 atom stereocenters. The van der Waals surface area contributed by atoms with E-state index in [1.165, 1.54) is 0 Å². The number of rotatable bonds is 7. The number of piperidine rings is 1. The van der Waals surface area contributed by atoms with Gasteiger partial charge in [-0.15, -0.1) is 0 Å². The molecule has 0 unspecified atom stereocenters. The first-order chi connectivity index (χ1) is 20.4. The summed E-state index contributed by atoms with van der Waals surface area (Å²) in [6, 6.07) is 17.9. The number of H-pyrrole nitrogens is 1. The third-order valence-corrected chi connectivity index (χ3v) is 9.85. The molecular formula is C31H32N6O4S. The van der Waals surface area contributed by atoms with Crippen LogP contribution < -0.4 is 15.8 Å². The Kier molecular flexibility index (Phi) is 6.76. The third-order valence-electron chi connectivity index (χ3n) is 9.20. The number of thioether (sulfide) groups is 1. The van der Waals surface area contributed by atoms with Crippen molar-refractivity contribution in [2.24, 2.45) is 11.8 Å². The maximum atomic E-state index is 14.3. The molecule has 0 spiro atoms. The first-order valence-electron chi connectivity index (χ1n) is 14.4. The fraction of sp³-hybridized carbons (Fsp3) is 0.387. The number of pyridine rings is 1. The number of nitro benzene ring substituents is 1. The van der Waals surface area contributed by atoms with Gasteiger partial charge in [-0.25, -0.2) is 4.98 Å². The normalized spacial score (nSPS) is 23.0. The maximum Gasteiger partial charge on any atom is 0.269 e. The molecule has 7 rings (SSSR count). The molecule has 2 N–H and O–H groups in total. The van der Waals surface area contributed by atoms with E-state index in [2.05, 4.69) is 15.2 Å². The Labute approximate surface area is 246 Å². The summed E-state index contributed by atoms with van der Waals surface area (Å²) in [5.41, 5.74) is 4.58. The van der Waals surface area contributed by atoms with E-state index in [0.29, 0.717) is 25.9 Å². The van der Waals surface area contributed by atoms with Gasteiger partial charge in [-0.05, 0) is 67.0 Å². The molecule has 0 saturated carbocycles. The molecule has 5 heterocycles. The number of imidazole rings is 1. The number of nitro groups is 1. The predicted molar refractivity (Wildman–Crippen MR) is 163 cm³/mol. The molecule has 2 bridgehead atoms. The van der Waals surface area contributed by atoms with Crippen LogP contribution in [0.2, 0.25) is 0 Å². The van der Waals surface area contributed by atoms with Gasteiger partial charge < -0.3 is 19.8 Å². The van der Waals surface area contributed by atoms with Gasteiger partial charge in [-0.3, -0.25) is 19.7 Å². The van der Waals surface area contributed by atoms with E-state index in [-0.39, 0.29) is 46.0 Å². The Morgan fingerprint density at radius 3 is 2.86 bits per heavy atom. The number of hydrogen-bond donors (Lipinski definition) is 2. The van der Waals surface area contributed by atoms with Gasteiger partial charge in [0, 0.05) is 54.6 Å². The minimum Gasteiger partial charge on any atom is -0.366 e. The van der Waals surface area contributed by atoms with Crippen LogP contribution >= 0.6 is 11.8 Å². The number of nitrogens with zero attached hydrogens (tertiary/aromatic N) is 4. The molecule has 4 aromatic rings. The monoisotopic (exact) mass is 584 g/mol. The van der Waals surface area contributed by atoms with Crippen molar-refractivity contribution in [3.63, 3.8) is 0 Å². The van der Waals surface area contributed by atoms with E-state index < -0.39 is 5.92 Å². The molecule has 1 amide bonds. The largest absolute Gasteiger partial charge is 0.366 e. The number of hydrogen-bond acceptors (Lipinski definition) is 7. The highest BCUT2D eigenvalue weighted by Gasteiger charge is 2.49. The Balaban J connectivity index is 1.26. The number of aromatic amines is 1. The Bertz CT molecular complexity index is 1720. The Morgan fingerprint density at radius 2 is 2.05 bits per heavy atom. The number of carbonyl (C=O) groups excluding carboxylic acids is 1. The smallest absolute Gasteiger partial charge is 0.269 e. The van der Waals surface area contributed by atoms with E-state index in [4.69, 9.17) is 4.98 Å². The lowest BCUT2D eigenvalue weighted by atomic mass is 9.70. The highest BCUT2D eigenvalue weighted by Crippen LogP contribution is 2.48. The van der Waals surface area contributed by atoms with Crippen molar-refractivity contribution in [1.29, 1.82) is 0 Å². The van der Waals surface area contributed by atoms with Gasteiger partial charge in [0.15, 0.2) is 0 Å². The molecule has 2 aromatic carbocycles. The molecule has 3 aliphatic heterocycles. The van der Waals surface area contributed by atoms with Crippen molar-refractivity contribution >= 4 is 40.1 Å². The number of anilines is 1. The van der Waals surface area contributed by atoms with Crippen LogP contribution in [0.15, 0.2) is 65.5 Å². The molecule has 11 heteroatoms. The summed E-state index contributed by atoms with van der Waals surface area (Å²) < 4.78 is 1.88. The van der Waals surface area contributed by atoms with Crippen LogP contribution in [0.1, 0.15) is 41.9 Å². The molecule has 0 aliphatic carbocycles. The van der Waals surface area contributed by atoms with Gasteiger partial charge in [0.05, 0.1) is 27.9 Å². The minimum absolute atomic E-state index is 0.00880. The zero-order valence-corrected chi connectivity index (χ0v) is 24.0. The van der Waals surface area contributed by atoms with Crippen molar-refractivity contribution in [2.75, 3.05) is 23.5 Å². The average Bonchev–Trinajstić information content (AvgIpc) is 3.43. The summed E-state index contributed by atoms with van der Waals surface area (Å²) in [4.78, 5) is 48.9. The number of nitrogens with one attached hydrogen (secondary N) is 2. The van der Waals surface area contributed by atoms with E-state index in [1.54, 1.807) is 30.0 Å². The predicted octanol–water partition coefficient (Wildman–Crippen LogP) is 4.41. The van der Waals surface area contributed by atoms with Gasteiger partial charge in [-0.1, -0.05) is 18.2 Å². The zero-order valence-electron chi connectivity index (χ0n) is 23.2. The number of fused-ring (bicyclic) bond motifs is 9. The summed E-state index contributed by atoms with van der Waals surface area (Å²) in [5.74, 6) is 1.28. The standard InChI is InChI=1S/C31H32N6O4S/c1-42-12-11-25(30-32-23-5-2-3-6-24(23)33-30)34-31(39)22-15-18-14-21(37(40)41)9-10-27(18)36-16-19-13-20(29(22)36)17-35-26(19)7-4-8-28(35)38/h2-10,14,19-20,22,25,29H,11-13,15-17H2,1H3,(H,32,33)(H,34,39)/t19-,20+,22-,25+,29+/m1/s1. The fourth-order valence-electron chi connectivity index (χ4n) is 7.38. The number of non-ortho nitro benzene ring substituents is 1. The fourth-order valence-corrected chi connectivity index (χ4v) is 7.85. The summed E-state index contributed by atoms with van der Waals surface area (Å²) in [5, 5.41) is 15.0. The van der Waals surface area contributed by atoms with E-state index in [0.717, 1.165) is 46.0 Å². The SMILES string of the molecule is CSCC[C@H](NC(=O)[C@@H]1Cc2cc([N+](=O)[O-])ccc2N2C[C@H]3C[C@@H](Cn4c3cccc4=O)[C@@H]12)c1nc2ccccc2[nH]1. The van der Waals surface area contributed by atoms with Gasteiger partial charge in [0.25, 0.3) is 11.2 Å². The van der Waals surface area contributed by atoms with Crippen LogP contribution in [0.5, 0.6) is 0 Å². The van der Waals surface area contributed by atoms with E-state index in [9.17, 15) is 19.7 Å². The molecule has 3 aliphatic rings. The summed E-state index contributed by atoms with van der Waals surface area (Å²) in [7, 11) is 0. The summed E-state index contributed by atoms with van der Waals surface area (Å²) >= 11 is 1.72.